The average Bonchev–Trinajstić information content (AvgIpc) is 2.06. The summed E-state index contributed by atoms with van der Waals surface area (Å²) in [6.07, 6.45) is 0. The van der Waals surface area contributed by atoms with Crippen LogP contribution in [0.15, 0.2) is 18.2 Å². The van der Waals surface area contributed by atoms with Gasteiger partial charge >= 0.3 is 0 Å². The molecule has 0 heterocycles. The first-order valence-electron chi connectivity index (χ1n) is 4.90. The van der Waals surface area contributed by atoms with Crippen molar-refractivity contribution in [2.75, 3.05) is 0 Å². The van der Waals surface area contributed by atoms with E-state index in [4.69, 9.17) is 4.43 Å². The lowest BCUT2D eigenvalue weighted by atomic mass is 10.1. The Bertz CT molecular complexity index is 313. The normalized spacial score (nSPS) is 11.8. The summed E-state index contributed by atoms with van der Waals surface area (Å²) >= 11 is 0. The third-order valence-electron chi connectivity index (χ3n) is 2.07. The fourth-order valence-corrected chi connectivity index (χ4v) is 2.00. The number of hydrogen-bond acceptors (Lipinski definition) is 1. The molecule has 1 nitrogen and oxygen atoms in total. The van der Waals surface area contributed by atoms with Gasteiger partial charge in [0.15, 0.2) is 0 Å². The molecule has 2 radical (unpaired) electrons. The maximum absolute atomic E-state index is 5.78. The standard InChI is InChI=1S/C12H18OSi/c1-9-7-6-8-11(10(9)2)14-13-12(3,4)5/h6-8H,1-5H3. The van der Waals surface area contributed by atoms with Gasteiger partial charge in [-0.1, -0.05) is 18.2 Å². The Hall–Kier alpha value is -0.603. The fraction of sp³-hybridized carbons (Fsp3) is 0.500. The second-order valence-corrected chi connectivity index (χ2v) is 5.51. The van der Waals surface area contributed by atoms with Crippen LogP contribution in [0.1, 0.15) is 31.9 Å². The summed E-state index contributed by atoms with van der Waals surface area (Å²) in [6.45, 7) is 10.6. The van der Waals surface area contributed by atoms with Crippen LogP contribution in [0.4, 0.5) is 0 Å². The highest BCUT2D eigenvalue weighted by Crippen LogP contribution is 2.07. The topological polar surface area (TPSA) is 9.23 Å². The molecule has 1 aromatic rings. The van der Waals surface area contributed by atoms with Gasteiger partial charge in [0.1, 0.15) is 0 Å². The molecule has 0 aliphatic heterocycles. The second-order valence-electron chi connectivity index (χ2n) is 4.56. The van der Waals surface area contributed by atoms with E-state index in [0.29, 0.717) is 9.76 Å². The van der Waals surface area contributed by atoms with Gasteiger partial charge in [0, 0.05) is 5.60 Å². The van der Waals surface area contributed by atoms with E-state index in [1.54, 1.807) is 0 Å². The van der Waals surface area contributed by atoms with Gasteiger partial charge in [0.2, 0.25) is 0 Å². The van der Waals surface area contributed by atoms with Crippen molar-refractivity contribution in [1.82, 2.24) is 0 Å². The zero-order chi connectivity index (χ0) is 10.8. The molecule has 1 rings (SSSR count). The van der Waals surface area contributed by atoms with Crippen molar-refractivity contribution in [2.45, 2.75) is 40.2 Å². The summed E-state index contributed by atoms with van der Waals surface area (Å²) in [5.41, 5.74) is 2.65. The molecule has 0 aromatic heterocycles. The van der Waals surface area contributed by atoms with E-state index in [2.05, 4.69) is 52.8 Å². The molecule has 0 aliphatic carbocycles. The number of hydrogen-bond donors (Lipinski definition) is 0. The maximum atomic E-state index is 5.78. The molecule has 76 valence electrons. The van der Waals surface area contributed by atoms with Gasteiger partial charge < -0.3 is 4.43 Å². The Morgan fingerprint density at radius 3 is 2.36 bits per heavy atom. The van der Waals surface area contributed by atoms with Crippen LogP contribution in [-0.2, 0) is 4.43 Å². The third-order valence-corrected chi connectivity index (χ3v) is 3.55. The van der Waals surface area contributed by atoms with Gasteiger partial charge in [-0.05, 0) is 50.9 Å². The van der Waals surface area contributed by atoms with Gasteiger partial charge in [-0.15, -0.1) is 0 Å². The first kappa shape index (κ1) is 11.5. The van der Waals surface area contributed by atoms with Gasteiger partial charge in [0.05, 0.1) is 0 Å². The minimum absolute atomic E-state index is 0.0470. The Morgan fingerprint density at radius 2 is 1.79 bits per heavy atom. The molecule has 0 N–H and O–H groups in total. The van der Waals surface area contributed by atoms with Crippen LogP contribution in [0, 0.1) is 13.8 Å². The SMILES string of the molecule is Cc1cccc([Si]OC(C)(C)C)c1C. The fourth-order valence-electron chi connectivity index (χ4n) is 1.07. The monoisotopic (exact) mass is 206 g/mol. The quantitative estimate of drug-likeness (QED) is 0.675. The average molecular weight is 206 g/mol. The summed E-state index contributed by atoms with van der Waals surface area (Å²) in [5, 5.41) is 1.32. The van der Waals surface area contributed by atoms with E-state index in [0.717, 1.165) is 0 Å². The van der Waals surface area contributed by atoms with E-state index in [9.17, 15) is 0 Å². The minimum atomic E-state index is -0.0470. The summed E-state index contributed by atoms with van der Waals surface area (Å²) < 4.78 is 5.78. The van der Waals surface area contributed by atoms with Crippen LogP contribution < -0.4 is 5.19 Å². The molecule has 0 saturated carbocycles. The van der Waals surface area contributed by atoms with E-state index < -0.39 is 0 Å². The lowest BCUT2D eigenvalue weighted by molar-refractivity contribution is 0.142. The number of rotatable bonds is 2. The largest absolute Gasteiger partial charge is 0.407 e. The molecular weight excluding hydrogens is 188 g/mol. The Balaban J connectivity index is 2.73. The first-order chi connectivity index (χ1) is 6.40. The minimum Gasteiger partial charge on any atom is -0.407 e. The summed E-state index contributed by atoms with van der Waals surface area (Å²) in [6, 6.07) is 6.38. The molecule has 0 aliphatic rings. The first-order valence-corrected chi connectivity index (χ1v) is 5.81. The molecule has 0 bridgehead atoms. The van der Waals surface area contributed by atoms with Crippen molar-refractivity contribution in [3.05, 3.63) is 29.3 Å². The number of aryl methyl sites for hydroxylation is 1. The van der Waals surface area contributed by atoms with E-state index in [1.807, 2.05) is 0 Å². The van der Waals surface area contributed by atoms with Crippen molar-refractivity contribution in [3.63, 3.8) is 0 Å². The van der Waals surface area contributed by atoms with E-state index >= 15 is 0 Å². The summed E-state index contributed by atoms with van der Waals surface area (Å²) in [7, 11) is 0.451. The smallest absolute Gasteiger partial charge is 0.269 e. The summed E-state index contributed by atoms with van der Waals surface area (Å²) in [4.78, 5) is 0. The number of benzene rings is 1. The molecule has 0 atom stereocenters. The Kier molecular flexibility index (Phi) is 3.51. The highest BCUT2D eigenvalue weighted by Gasteiger charge is 2.12. The highest BCUT2D eigenvalue weighted by molar-refractivity contribution is 6.47. The van der Waals surface area contributed by atoms with Crippen LogP contribution >= 0.6 is 0 Å². The second kappa shape index (κ2) is 4.28. The van der Waals surface area contributed by atoms with Gasteiger partial charge in [-0.25, -0.2) is 0 Å². The molecule has 0 unspecified atom stereocenters. The molecular formula is C12H18OSi. The van der Waals surface area contributed by atoms with Crippen LogP contribution in [0.25, 0.3) is 0 Å². The predicted molar refractivity (Wildman–Crippen MR) is 62.1 cm³/mol. The molecule has 0 fully saturated rings. The van der Waals surface area contributed by atoms with Crippen molar-refractivity contribution in [3.8, 4) is 0 Å². The van der Waals surface area contributed by atoms with Gasteiger partial charge in [0.25, 0.3) is 9.76 Å². The lowest BCUT2D eigenvalue weighted by Crippen LogP contribution is -2.30. The van der Waals surface area contributed by atoms with Crippen LogP contribution in [0.5, 0.6) is 0 Å². The van der Waals surface area contributed by atoms with E-state index in [1.165, 1.54) is 16.3 Å². The molecule has 0 spiro atoms. The molecule has 0 saturated heterocycles. The Labute approximate surface area is 89.4 Å². The molecule has 1 aromatic carbocycles. The summed E-state index contributed by atoms with van der Waals surface area (Å²) in [5.74, 6) is 0. The third kappa shape index (κ3) is 3.27. The molecule has 14 heavy (non-hydrogen) atoms. The van der Waals surface area contributed by atoms with Crippen molar-refractivity contribution < 1.29 is 4.43 Å². The Morgan fingerprint density at radius 1 is 1.14 bits per heavy atom. The highest BCUT2D eigenvalue weighted by atomic mass is 28.2. The zero-order valence-electron chi connectivity index (χ0n) is 9.64. The zero-order valence-corrected chi connectivity index (χ0v) is 10.6. The van der Waals surface area contributed by atoms with Crippen LogP contribution in [0.3, 0.4) is 0 Å². The predicted octanol–water partition coefficient (Wildman–Crippen LogP) is 2.36. The van der Waals surface area contributed by atoms with Crippen molar-refractivity contribution in [1.29, 1.82) is 0 Å². The molecule has 2 heteroatoms. The van der Waals surface area contributed by atoms with Gasteiger partial charge in [-0.2, -0.15) is 0 Å². The van der Waals surface area contributed by atoms with Crippen LogP contribution in [0.2, 0.25) is 0 Å². The van der Waals surface area contributed by atoms with Crippen LogP contribution in [-0.4, -0.2) is 15.4 Å². The van der Waals surface area contributed by atoms with E-state index in [-0.39, 0.29) is 5.60 Å². The maximum Gasteiger partial charge on any atom is 0.269 e. The lowest BCUT2D eigenvalue weighted by Gasteiger charge is -2.20. The van der Waals surface area contributed by atoms with Crippen molar-refractivity contribution >= 4 is 14.9 Å². The van der Waals surface area contributed by atoms with Gasteiger partial charge in [-0.3, -0.25) is 0 Å². The van der Waals surface area contributed by atoms with Crippen molar-refractivity contribution in [2.24, 2.45) is 0 Å². The molecule has 0 amide bonds.